The Kier molecular flexibility index (Phi) is 6.08. The van der Waals surface area contributed by atoms with Gasteiger partial charge in [0.05, 0.1) is 37.0 Å². The highest BCUT2D eigenvalue weighted by atomic mass is 19.4. The van der Waals surface area contributed by atoms with Crippen LogP contribution in [-0.4, -0.2) is 35.9 Å². The average molecular weight is 390 g/mol. The van der Waals surface area contributed by atoms with E-state index >= 15 is 0 Å². The quantitative estimate of drug-likeness (QED) is 0.764. The molecule has 0 bridgehead atoms. The molecule has 0 unspecified atom stereocenters. The standard InChI is InChI=1S/C20H21F3N4O/c1-13(14-5-3-2-4-6-14)27-19(28)8-16-7-15-9-26-18(17(15)10-25-16)11-24-12-20(21,22)23/h2-7,10,13,24H,8-9,11-12H2,1H3,(H,27,28)/t13-/m1/s1. The molecule has 1 aromatic heterocycles. The van der Waals surface area contributed by atoms with Crippen molar-refractivity contribution in [3.8, 4) is 0 Å². The molecule has 1 aliphatic rings. The summed E-state index contributed by atoms with van der Waals surface area (Å²) in [4.78, 5) is 20.9. The van der Waals surface area contributed by atoms with Crippen LogP contribution in [0.3, 0.4) is 0 Å². The average Bonchev–Trinajstić information content (AvgIpc) is 3.03. The fourth-order valence-corrected chi connectivity index (χ4v) is 3.06. The second-order valence-electron chi connectivity index (χ2n) is 6.69. The number of alkyl halides is 3. The van der Waals surface area contributed by atoms with Gasteiger partial charge in [0.15, 0.2) is 0 Å². The van der Waals surface area contributed by atoms with E-state index in [4.69, 9.17) is 0 Å². The Morgan fingerprint density at radius 3 is 2.71 bits per heavy atom. The van der Waals surface area contributed by atoms with Gasteiger partial charge in [-0.2, -0.15) is 13.2 Å². The summed E-state index contributed by atoms with van der Waals surface area (Å²) in [6, 6.07) is 11.3. The zero-order valence-corrected chi connectivity index (χ0v) is 15.4. The molecule has 3 rings (SSSR count). The number of pyridine rings is 1. The Bertz CT molecular complexity index is 865. The number of aliphatic imine (C=N–C) groups is 1. The third kappa shape index (κ3) is 5.39. The number of aromatic nitrogens is 1. The Morgan fingerprint density at radius 1 is 1.25 bits per heavy atom. The Morgan fingerprint density at radius 2 is 2.00 bits per heavy atom. The highest BCUT2D eigenvalue weighted by Gasteiger charge is 2.27. The van der Waals surface area contributed by atoms with Crippen molar-refractivity contribution in [3.63, 3.8) is 0 Å². The van der Waals surface area contributed by atoms with Crippen LogP contribution in [0.5, 0.6) is 0 Å². The lowest BCUT2D eigenvalue weighted by molar-refractivity contribution is -0.124. The second-order valence-corrected chi connectivity index (χ2v) is 6.69. The smallest absolute Gasteiger partial charge is 0.349 e. The minimum absolute atomic E-state index is 0.0304. The molecular formula is C20H21F3N4O. The number of nitrogens with zero attached hydrogens (tertiary/aromatic N) is 2. The Balaban J connectivity index is 1.55. The molecule has 0 aliphatic carbocycles. The van der Waals surface area contributed by atoms with Crippen LogP contribution in [0.25, 0.3) is 0 Å². The number of hydrogen-bond donors (Lipinski definition) is 2. The van der Waals surface area contributed by atoms with Crippen molar-refractivity contribution < 1.29 is 18.0 Å². The first-order valence-electron chi connectivity index (χ1n) is 8.95. The van der Waals surface area contributed by atoms with E-state index in [0.29, 0.717) is 18.0 Å². The normalized spacial score (nSPS) is 14.4. The van der Waals surface area contributed by atoms with Gasteiger partial charge in [0, 0.05) is 18.3 Å². The maximum Gasteiger partial charge on any atom is 0.401 e. The molecule has 0 spiro atoms. The van der Waals surface area contributed by atoms with Crippen LogP contribution in [-0.2, 0) is 17.8 Å². The molecule has 1 atom stereocenters. The number of hydrogen-bond acceptors (Lipinski definition) is 4. The summed E-state index contributed by atoms with van der Waals surface area (Å²) in [7, 11) is 0. The highest BCUT2D eigenvalue weighted by molar-refractivity contribution is 6.04. The van der Waals surface area contributed by atoms with E-state index in [0.717, 1.165) is 16.7 Å². The number of benzene rings is 1. The van der Waals surface area contributed by atoms with E-state index in [-0.39, 0.29) is 24.9 Å². The monoisotopic (exact) mass is 390 g/mol. The maximum absolute atomic E-state index is 12.3. The summed E-state index contributed by atoms with van der Waals surface area (Å²) in [5.74, 6) is -0.144. The molecule has 0 fully saturated rings. The van der Waals surface area contributed by atoms with Gasteiger partial charge in [-0.15, -0.1) is 0 Å². The second kappa shape index (κ2) is 8.52. The van der Waals surface area contributed by atoms with Crippen molar-refractivity contribution in [3.05, 3.63) is 65.0 Å². The first-order chi connectivity index (χ1) is 13.3. The number of rotatable bonds is 7. The molecule has 2 N–H and O–H groups in total. The third-order valence-corrected chi connectivity index (χ3v) is 4.43. The fraction of sp³-hybridized carbons (Fsp3) is 0.350. The highest BCUT2D eigenvalue weighted by Crippen LogP contribution is 2.20. The molecule has 1 aromatic carbocycles. The van der Waals surface area contributed by atoms with Gasteiger partial charge in [-0.1, -0.05) is 30.3 Å². The van der Waals surface area contributed by atoms with Gasteiger partial charge < -0.3 is 10.6 Å². The number of carbonyl (C=O) groups excluding carboxylic acids is 1. The number of fused-ring (bicyclic) bond motifs is 1. The van der Waals surface area contributed by atoms with Gasteiger partial charge in [-0.05, 0) is 24.1 Å². The van der Waals surface area contributed by atoms with Gasteiger partial charge in [-0.3, -0.25) is 14.8 Å². The molecule has 2 aromatic rings. The minimum Gasteiger partial charge on any atom is -0.349 e. The van der Waals surface area contributed by atoms with Gasteiger partial charge in [0.1, 0.15) is 0 Å². The van der Waals surface area contributed by atoms with Crippen molar-refractivity contribution in [2.75, 3.05) is 13.1 Å². The molecule has 8 heteroatoms. The predicted molar refractivity (Wildman–Crippen MR) is 100 cm³/mol. The lowest BCUT2D eigenvalue weighted by Gasteiger charge is -2.14. The van der Waals surface area contributed by atoms with Crippen LogP contribution >= 0.6 is 0 Å². The Labute approximate surface area is 161 Å². The van der Waals surface area contributed by atoms with E-state index < -0.39 is 12.7 Å². The van der Waals surface area contributed by atoms with E-state index in [2.05, 4.69) is 20.6 Å². The molecule has 0 saturated heterocycles. The number of amides is 1. The SMILES string of the molecule is C[C@@H](NC(=O)Cc1cc2c(cn1)C(CNCC(F)(F)F)=NC2)c1ccccc1. The number of nitrogens with one attached hydrogen (secondary N) is 2. The first kappa shape index (κ1) is 20.0. The van der Waals surface area contributed by atoms with Crippen LogP contribution in [0.15, 0.2) is 47.6 Å². The molecular weight excluding hydrogens is 369 g/mol. The zero-order valence-electron chi connectivity index (χ0n) is 15.4. The molecule has 28 heavy (non-hydrogen) atoms. The first-order valence-corrected chi connectivity index (χ1v) is 8.95. The molecule has 0 radical (unpaired) electrons. The molecule has 148 valence electrons. The molecule has 0 saturated carbocycles. The van der Waals surface area contributed by atoms with E-state index in [1.165, 1.54) is 0 Å². The molecule has 1 aliphatic heterocycles. The van der Waals surface area contributed by atoms with Crippen LogP contribution in [0.4, 0.5) is 13.2 Å². The van der Waals surface area contributed by atoms with E-state index in [1.54, 1.807) is 12.3 Å². The van der Waals surface area contributed by atoms with Gasteiger partial charge in [0.25, 0.3) is 0 Å². The van der Waals surface area contributed by atoms with Crippen molar-refractivity contribution in [1.82, 2.24) is 15.6 Å². The Hall–Kier alpha value is -2.74. The summed E-state index contributed by atoms with van der Waals surface area (Å²) in [6.07, 6.45) is -2.54. The van der Waals surface area contributed by atoms with Crippen LogP contribution in [0.1, 0.15) is 35.3 Å². The number of halogens is 3. The summed E-state index contributed by atoms with van der Waals surface area (Å²) in [5.41, 5.74) is 3.79. The van der Waals surface area contributed by atoms with E-state index in [9.17, 15) is 18.0 Å². The fourth-order valence-electron chi connectivity index (χ4n) is 3.06. The lowest BCUT2D eigenvalue weighted by atomic mass is 10.1. The van der Waals surface area contributed by atoms with Gasteiger partial charge >= 0.3 is 6.18 Å². The van der Waals surface area contributed by atoms with Crippen LogP contribution < -0.4 is 10.6 Å². The number of carbonyl (C=O) groups is 1. The summed E-state index contributed by atoms with van der Waals surface area (Å²) >= 11 is 0. The van der Waals surface area contributed by atoms with Gasteiger partial charge in [-0.25, -0.2) is 0 Å². The van der Waals surface area contributed by atoms with Crippen LogP contribution in [0, 0.1) is 0 Å². The van der Waals surface area contributed by atoms with Crippen molar-refractivity contribution in [2.45, 2.75) is 32.1 Å². The van der Waals surface area contributed by atoms with Crippen molar-refractivity contribution >= 4 is 11.6 Å². The minimum atomic E-state index is -4.26. The zero-order chi connectivity index (χ0) is 20.1. The van der Waals surface area contributed by atoms with Crippen LogP contribution in [0.2, 0.25) is 0 Å². The third-order valence-electron chi connectivity index (χ3n) is 4.43. The summed E-state index contributed by atoms with van der Waals surface area (Å²) < 4.78 is 36.7. The van der Waals surface area contributed by atoms with E-state index in [1.807, 2.05) is 37.3 Å². The molecule has 5 nitrogen and oxygen atoms in total. The lowest BCUT2D eigenvalue weighted by Crippen LogP contribution is -2.32. The molecule has 1 amide bonds. The summed E-state index contributed by atoms with van der Waals surface area (Å²) in [6.45, 7) is 1.27. The van der Waals surface area contributed by atoms with Crippen molar-refractivity contribution in [2.24, 2.45) is 4.99 Å². The topological polar surface area (TPSA) is 66.4 Å². The summed E-state index contributed by atoms with van der Waals surface area (Å²) in [5, 5.41) is 5.28. The van der Waals surface area contributed by atoms with Gasteiger partial charge in [0.2, 0.25) is 5.91 Å². The molecule has 2 heterocycles. The predicted octanol–water partition coefficient (Wildman–Crippen LogP) is 2.96. The van der Waals surface area contributed by atoms with Crippen molar-refractivity contribution in [1.29, 1.82) is 0 Å². The maximum atomic E-state index is 12.3. The largest absolute Gasteiger partial charge is 0.401 e.